The maximum atomic E-state index is 14.3. The molecule has 1 aliphatic heterocycles. The van der Waals surface area contributed by atoms with E-state index in [1.54, 1.807) is 18.3 Å². The molecule has 4 aromatic rings. The van der Waals surface area contributed by atoms with E-state index in [0.717, 1.165) is 41.4 Å². The minimum Gasteiger partial charge on any atom is -0.506 e. The van der Waals surface area contributed by atoms with E-state index in [1.165, 1.54) is 18.2 Å². The third-order valence-electron chi connectivity index (χ3n) is 6.31. The number of hydrogen-bond acceptors (Lipinski definition) is 5. The molecule has 1 aliphatic rings. The van der Waals surface area contributed by atoms with Crippen molar-refractivity contribution in [1.29, 1.82) is 5.26 Å². The molecule has 5 nitrogen and oxygen atoms in total. The zero-order chi connectivity index (χ0) is 24.0. The summed E-state index contributed by atoms with van der Waals surface area (Å²) in [7, 11) is 0. The number of benzene rings is 3. The molecule has 1 fully saturated rings. The number of fused-ring (bicyclic) bond motifs is 1. The molecule has 0 unspecified atom stereocenters. The average molecular weight is 456 g/mol. The number of aromatic hydroxyl groups is 1. The topological polar surface area (TPSA) is 86.2 Å². The van der Waals surface area contributed by atoms with E-state index in [1.807, 2.05) is 25.1 Å². The summed E-state index contributed by atoms with van der Waals surface area (Å²) in [6.45, 7) is 3.93. The molecule has 5 rings (SSSR count). The second-order valence-corrected chi connectivity index (χ2v) is 8.74. The van der Waals surface area contributed by atoms with Crippen molar-refractivity contribution < 1.29 is 13.9 Å². The number of nitriles is 1. The summed E-state index contributed by atoms with van der Waals surface area (Å²) in [5, 5.41) is 20.6. The minimum atomic E-state index is -0.611. The fourth-order valence-corrected chi connectivity index (χ4v) is 4.60. The molecule has 0 bridgehead atoms. The largest absolute Gasteiger partial charge is 0.506 e. The number of aromatic nitrogens is 1. The van der Waals surface area contributed by atoms with Crippen LogP contribution in [0.5, 0.6) is 5.75 Å². The molecule has 170 valence electrons. The van der Waals surface area contributed by atoms with Crippen molar-refractivity contribution in [2.75, 3.05) is 24.5 Å². The first kappa shape index (κ1) is 21.8. The quantitative estimate of drug-likeness (QED) is 0.445. The zero-order valence-corrected chi connectivity index (χ0v) is 18.5. The van der Waals surface area contributed by atoms with E-state index >= 15 is 0 Å². The third-order valence-corrected chi connectivity index (χ3v) is 6.31. The number of pyridine rings is 1. The molecule has 1 aromatic heterocycles. The molecular weight excluding hydrogens is 434 g/mol. The summed E-state index contributed by atoms with van der Waals surface area (Å²) in [6, 6.07) is 14.3. The molecule has 7 heteroatoms. The molecule has 1 saturated heterocycles. The highest BCUT2D eigenvalue weighted by atomic mass is 19.1. The van der Waals surface area contributed by atoms with Gasteiger partial charge in [-0.2, -0.15) is 5.26 Å². The van der Waals surface area contributed by atoms with Crippen LogP contribution in [0.2, 0.25) is 0 Å². The Morgan fingerprint density at radius 3 is 2.53 bits per heavy atom. The smallest absolute Gasteiger partial charge is 0.141 e. The van der Waals surface area contributed by atoms with Crippen molar-refractivity contribution in [2.45, 2.75) is 6.92 Å². The maximum absolute atomic E-state index is 14.3. The average Bonchev–Trinajstić information content (AvgIpc) is 2.78. The minimum absolute atomic E-state index is 0.133. The Morgan fingerprint density at radius 1 is 1.06 bits per heavy atom. The standard InChI is InChI=1S/C27H22F2N4O/c1-15-4-18(6-20(28)5-15)24-12-32-25-3-2-17(22-9-21(29)7-19(11-31)27(22)34)8-23(25)26(24)33-13-16(10-30)14-33/h2-9,12,16,34H,10,13-14,30H2,1H3. The van der Waals surface area contributed by atoms with Gasteiger partial charge < -0.3 is 15.7 Å². The number of nitrogens with zero attached hydrogens (tertiary/aromatic N) is 3. The lowest BCUT2D eigenvalue weighted by Crippen LogP contribution is -2.50. The summed E-state index contributed by atoms with van der Waals surface area (Å²) in [5.74, 6) is -0.854. The number of halogens is 2. The molecule has 34 heavy (non-hydrogen) atoms. The summed E-state index contributed by atoms with van der Waals surface area (Å²) in [4.78, 5) is 6.79. The van der Waals surface area contributed by atoms with Crippen LogP contribution < -0.4 is 10.6 Å². The van der Waals surface area contributed by atoms with Crippen molar-refractivity contribution in [1.82, 2.24) is 4.98 Å². The Hall–Kier alpha value is -4.02. The van der Waals surface area contributed by atoms with Crippen LogP contribution in [0.1, 0.15) is 11.1 Å². The number of anilines is 1. The highest BCUT2D eigenvalue weighted by molar-refractivity contribution is 6.02. The third kappa shape index (κ3) is 3.72. The second-order valence-electron chi connectivity index (χ2n) is 8.74. The summed E-state index contributed by atoms with van der Waals surface area (Å²) < 4.78 is 28.5. The van der Waals surface area contributed by atoms with Gasteiger partial charge in [-0.05, 0) is 66.6 Å². The van der Waals surface area contributed by atoms with Gasteiger partial charge in [0.05, 0.1) is 16.8 Å². The molecule has 0 radical (unpaired) electrons. The molecule has 2 heterocycles. The molecule has 0 atom stereocenters. The summed E-state index contributed by atoms with van der Waals surface area (Å²) >= 11 is 0. The highest BCUT2D eigenvalue weighted by Crippen LogP contribution is 2.42. The molecule has 0 spiro atoms. The van der Waals surface area contributed by atoms with Crippen LogP contribution in [-0.2, 0) is 0 Å². The van der Waals surface area contributed by atoms with Gasteiger partial charge in [0, 0.05) is 41.7 Å². The Bertz CT molecular complexity index is 1450. The molecular formula is C27H22F2N4O. The fraction of sp³-hybridized carbons (Fsp3) is 0.185. The highest BCUT2D eigenvalue weighted by Gasteiger charge is 2.29. The van der Waals surface area contributed by atoms with Crippen molar-refractivity contribution in [3.63, 3.8) is 0 Å². The van der Waals surface area contributed by atoms with Crippen LogP contribution in [0.4, 0.5) is 14.5 Å². The number of aryl methyl sites for hydroxylation is 1. The van der Waals surface area contributed by atoms with Gasteiger partial charge in [-0.25, -0.2) is 8.78 Å². The van der Waals surface area contributed by atoms with Gasteiger partial charge in [0.15, 0.2) is 0 Å². The van der Waals surface area contributed by atoms with E-state index < -0.39 is 5.82 Å². The number of hydrogen-bond donors (Lipinski definition) is 2. The van der Waals surface area contributed by atoms with E-state index in [-0.39, 0.29) is 22.7 Å². The summed E-state index contributed by atoms with van der Waals surface area (Å²) in [5.41, 5.74) is 10.4. The van der Waals surface area contributed by atoms with E-state index in [4.69, 9.17) is 5.73 Å². The van der Waals surface area contributed by atoms with Crippen LogP contribution in [0.25, 0.3) is 33.2 Å². The molecule has 0 aliphatic carbocycles. The Labute approximate surface area is 195 Å². The summed E-state index contributed by atoms with van der Waals surface area (Å²) in [6.07, 6.45) is 1.74. The van der Waals surface area contributed by atoms with Crippen molar-refractivity contribution in [2.24, 2.45) is 11.7 Å². The van der Waals surface area contributed by atoms with Gasteiger partial charge in [0.25, 0.3) is 0 Å². The van der Waals surface area contributed by atoms with Crippen molar-refractivity contribution in [3.8, 4) is 34.1 Å². The van der Waals surface area contributed by atoms with E-state index in [0.29, 0.717) is 29.1 Å². The van der Waals surface area contributed by atoms with Crippen LogP contribution in [0.3, 0.4) is 0 Å². The van der Waals surface area contributed by atoms with Crippen LogP contribution in [-0.4, -0.2) is 29.7 Å². The van der Waals surface area contributed by atoms with Gasteiger partial charge >= 0.3 is 0 Å². The Morgan fingerprint density at radius 2 is 1.82 bits per heavy atom. The lowest BCUT2D eigenvalue weighted by Gasteiger charge is -2.42. The normalized spacial score (nSPS) is 13.7. The number of phenols is 1. The van der Waals surface area contributed by atoms with Gasteiger partial charge in [0.1, 0.15) is 23.5 Å². The lowest BCUT2D eigenvalue weighted by atomic mass is 9.92. The predicted octanol–water partition coefficient (Wildman–Crippen LogP) is 5.13. The van der Waals surface area contributed by atoms with Crippen LogP contribution >= 0.6 is 0 Å². The first-order chi connectivity index (χ1) is 16.4. The van der Waals surface area contributed by atoms with Crippen molar-refractivity contribution in [3.05, 3.63) is 77.5 Å². The van der Waals surface area contributed by atoms with Crippen LogP contribution in [0.15, 0.2) is 54.7 Å². The first-order valence-corrected chi connectivity index (χ1v) is 11.0. The Kier molecular flexibility index (Phi) is 5.39. The van der Waals surface area contributed by atoms with Gasteiger partial charge in [-0.1, -0.05) is 12.1 Å². The monoisotopic (exact) mass is 456 g/mol. The molecule has 3 N–H and O–H groups in total. The molecule has 0 amide bonds. The lowest BCUT2D eigenvalue weighted by molar-refractivity contribution is 0.421. The Balaban J connectivity index is 1.76. The number of nitrogens with two attached hydrogens (primary N) is 1. The van der Waals surface area contributed by atoms with Crippen molar-refractivity contribution >= 4 is 16.6 Å². The predicted molar refractivity (Wildman–Crippen MR) is 128 cm³/mol. The molecule has 3 aromatic carbocycles. The van der Waals surface area contributed by atoms with Gasteiger partial charge in [-0.3, -0.25) is 4.98 Å². The second kappa shape index (κ2) is 8.40. The van der Waals surface area contributed by atoms with E-state index in [2.05, 4.69) is 9.88 Å². The SMILES string of the molecule is Cc1cc(F)cc(-c2cnc3ccc(-c4cc(F)cc(C#N)c4O)cc3c2N2CC(CN)C2)c1. The maximum Gasteiger partial charge on any atom is 0.141 e. The van der Waals surface area contributed by atoms with Gasteiger partial charge in [0.2, 0.25) is 0 Å². The van der Waals surface area contributed by atoms with Crippen LogP contribution in [0, 0.1) is 35.8 Å². The fourth-order valence-electron chi connectivity index (χ4n) is 4.60. The van der Waals surface area contributed by atoms with Gasteiger partial charge in [-0.15, -0.1) is 0 Å². The number of phenolic OH excluding ortho intramolecular Hbond substituents is 1. The van der Waals surface area contributed by atoms with E-state index in [9.17, 15) is 19.1 Å². The first-order valence-electron chi connectivity index (χ1n) is 11.0. The zero-order valence-electron chi connectivity index (χ0n) is 18.5. The number of rotatable bonds is 4. The molecule has 0 saturated carbocycles.